The van der Waals surface area contributed by atoms with Crippen molar-refractivity contribution in [2.24, 2.45) is 0 Å². The van der Waals surface area contributed by atoms with Crippen molar-refractivity contribution >= 4 is 0 Å². The first-order valence-electron chi connectivity index (χ1n) is 5.27. The Morgan fingerprint density at radius 2 is 2.20 bits per heavy atom. The maximum absolute atomic E-state index is 5.64. The Kier molecular flexibility index (Phi) is 4.49. The summed E-state index contributed by atoms with van der Waals surface area (Å²) in [6.07, 6.45) is 2.88. The van der Waals surface area contributed by atoms with Crippen LogP contribution in [-0.2, 0) is 6.42 Å². The molecule has 1 aromatic heterocycles. The van der Waals surface area contributed by atoms with E-state index in [-0.39, 0.29) is 6.10 Å². The smallest absolute Gasteiger partial charge is 0.220 e. The van der Waals surface area contributed by atoms with Gasteiger partial charge in [0.05, 0.1) is 6.10 Å². The molecule has 0 bridgehead atoms. The molecule has 0 aromatic carbocycles. The van der Waals surface area contributed by atoms with Crippen LogP contribution in [0.15, 0.2) is 6.20 Å². The lowest BCUT2D eigenvalue weighted by molar-refractivity contribution is 0.229. The predicted octanol–water partition coefficient (Wildman–Crippen LogP) is 1.33. The molecule has 0 spiro atoms. The summed E-state index contributed by atoms with van der Waals surface area (Å²) in [5, 5.41) is 3.10. The van der Waals surface area contributed by atoms with Crippen LogP contribution in [0.3, 0.4) is 0 Å². The zero-order valence-electron chi connectivity index (χ0n) is 9.87. The number of aromatic nitrogens is 2. The van der Waals surface area contributed by atoms with Crippen LogP contribution < -0.4 is 10.1 Å². The molecule has 0 amide bonds. The van der Waals surface area contributed by atoms with Crippen LogP contribution in [0.5, 0.6) is 5.88 Å². The van der Waals surface area contributed by atoms with E-state index in [9.17, 15) is 0 Å². The third kappa shape index (κ3) is 3.83. The van der Waals surface area contributed by atoms with E-state index in [1.54, 1.807) is 0 Å². The number of likely N-dealkylation sites (N-methyl/N-ethyl adjacent to an activating group) is 1. The van der Waals surface area contributed by atoms with Crippen LogP contribution in [0.25, 0.3) is 0 Å². The Labute approximate surface area is 91.1 Å². The van der Waals surface area contributed by atoms with Crippen molar-refractivity contribution in [1.82, 2.24) is 15.3 Å². The molecule has 1 aromatic rings. The van der Waals surface area contributed by atoms with E-state index < -0.39 is 0 Å². The highest BCUT2D eigenvalue weighted by molar-refractivity contribution is 5.24. The average molecular weight is 209 g/mol. The number of nitrogens with one attached hydrogen (secondary N) is 1. The van der Waals surface area contributed by atoms with E-state index in [1.165, 1.54) is 0 Å². The van der Waals surface area contributed by atoms with E-state index in [2.05, 4.69) is 15.3 Å². The fraction of sp³-hybridized carbons (Fsp3) is 0.636. The van der Waals surface area contributed by atoms with Gasteiger partial charge in [0.1, 0.15) is 5.82 Å². The minimum atomic E-state index is 0.146. The second-order valence-electron chi connectivity index (χ2n) is 3.77. The molecule has 1 rings (SSSR count). The normalized spacial score (nSPS) is 10.7. The van der Waals surface area contributed by atoms with E-state index in [0.29, 0.717) is 5.88 Å². The first-order chi connectivity index (χ1) is 7.13. The summed E-state index contributed by atoms with van der Waals surface area (Å²) < 4.78 is 5.64. The molecule has 15 heavy (non-hydrogen) atoms. The van der Waals surface area contributed by atoms with E-state index in [0.717, 1.165) is 24.4 Å². The fourth-order valence-corrected chi connectivity index (χ4v) is 1.23. The third-order valence-corrected chi connectivity index (χ3v) is 1.94. The second kappa shape index (κ2) is 5.66. The monoisotopic (exact) mass is 209 g/mol. The number of hydrogen-bond donors (Lipinski definition) is 1. The molecule has 1 N–H and O–H groups in total. The molecule has 1 heterocycles. The van der Waals surface area contributed by atoms with E-state index in [1.807, 2.05) is 34.0 Å². The van der Waals surface area contributed by atoms with Gasteiger partial charge in [-0.3, -0.25) is 0 Å². The number of aryl methyl sites for hydroxylation is 1. The highest BCUT2D eigenvalue weighted by atomic mass is 16.5. The summed E-state index contributed by atoms with van der Waals surface area (Å²) in [5.74, 6) is 1.46. The van der Waals surface area contributed by atoms with E-state index >= 15 is 0 Å². The van der Waals surface area contributed by atoms with Gasteiger partial charge in [0.15, 0.2) is 0 Å². The molecule has 0 radical (unpaired) electrons. The SMILES string of the molecule is CNCCc1cnc(C)nc1OC(C)C. The van der Waals surface area contributed by atoms with Crippen molar-refractivity contribution < 1.29 is 4.74 Å². The largest absolute Gasteiger partial charge is 0.475 e. The summed E-state index contributed by atoms with van der Waals surface area (Å²) >= 11 is 0. The van der Waals surface area contributed by atoms with Gasteiger partial charge in [0, 0.05) is 11.8 Å². The number of rotatable bonds is 5. The van der Waals surface area contributed by atoms with Gasteiger partial charge in [-0.2, -0.15) is 4.98 Å². The molecule has 0 saturated carbocycles. The second-order valence-corrected chi connectivity index (χ2v) is 3.77. The first-order valence-corrected chi connectivity index (χ1v) is 5.27. The van der Waals surface area contributed by atoms with Crippen LogP contribution in [0.1, 0.15) is 25.2 Å². The van der Waals surface area contributed by atoms with Gasteiger partial charge < -0.3 is 10.1 Å². The standard InChI is InChI=1S/C11H19N3O/c1-8(2)15-11-10(5-6-12-4)7-13-9(3)14-11/h7-8,12H,5-6H2,1-4H3. The minimum Gasteiger partial charge on any atom is -0.475 e. The maximum atomic E-state index is 5.64. The summed E-state index contributed by atoms with van der Waals surface area (Å²) in [4.78, 5) is 8.49. The molecular formula is C11H19N3O. The molecule has 4 nitrogen and oxygen atoms in total. The lowest BCUT2D eigenvalue weighted by Gasteiger charge is -2.12. The quantitative estimate of drug-likeness (QED) is 0.795. The highest BCUT2D eigenvalue weighted by Gasteiger charge is 2.08. The lowest BCUT2D eigenvalue weighted by atomic mass is 10.2. The van der Waals surface area contributed by atoms with Crippen molar-refractivity contribution in [3.05, 3.63) is 17.6 Å². The number of hydrogen-bond acceptors (Lipinski definition) is 4. The minimum absolute atomic E-state index is 0.146. The van der Waals surface area contributed by atoms with Gasteiger partial charge in [0.2, 0.25) is 5.88 Å². The zero-order chi connectivity index (χ0) is 11.3. The third-order valence-electron chi connectivity index (χ3n) is 1.94. The molecule has 0 saturated heterocycles. The number of ether oxygens (including phenoxy) is 1. The summed E-state index contributed by atoms with van der Waals surface area (Å²) in [6, 6.07) is 0. The van der Waals surface area contributed by atoms with Crippen LogP contribution in [0.4, 0.5) is 0 Å². The Hall–Kier alpha value is -1.16. The summed E-state index contributed by atoms with van der Waals surface area (Å²) in [6.45, 7) is 6.77. The van der Waals surface area contributed by atoms with Gasteiger partial charge in [-0.05, 0) is 40.8 Å². The van der Waals surface area contributed by atoms with Crippen molar-refractivity contribution in [3.8, 4) is 5.88 Å². The Bertz CT molecular complexity index is 313. The van der Waals surface area contributed by atoms with Gasteiger partial charge >= 0.3 is 0 Å². The first kappa shape index (κ1) is 11.9. The average Bonchev–Trinajstić information content (AvgIpc) is 2.16. The van der Waals surface area contributed by atoms with Crippen LogP contribution in [0.2, 0.25) is 0 Å². The molecule has 0 aliphatic rings. The van der Waals surface area contributed by atoms with Crippen molar-refractivity contribution in [3.63, 3.8) is 0 Å². The molecule has 0 unspecified atom stereocenters. The highest BCUT2D eigenvalue weighted by Crippen LogP contribution is 2.16. The molecule has 0 fully saturated rings. The van der Waals surface area contributed by atoms with Crippen molar-refractivity contribution in [1.29, 1.82) is 0 Å². The Balaban J connectivity index is 2.82. The zero-order valence-corrected chi connectivity index (χ0v) is 9.87. The van der Waals surface area contributed by atoms with Crippen LogP contribution >= 0.6 is 0 Å². The predicted molar refractivity (Wildman–Crippen MR) is 60.2 cm³/mol. The van der Waals surface area contributed by atoms with Gasteiger partial charge in [0.25, 0.3) is 0 Å². The van der Waals surface area contributed by atoms with Crippen LogP contribution in [0, 0.1) is 6.92 Å². The molecule has 0 aliphatic carbocycles. The van der Waals surface area contributed by atoms with Gasteiger partial charge in [-0.15, -0.1) is 0 Å². The van der Waals surface area contributed by atoms with Crippen molar-refractivity contribution in [2.45, 2.75) is 33.3 Å². The Morgan fingerprint density at radius 3 is 2.80 bits per heavy atom. The lowest BCUT2D eigenvalue weighted by Crippen LogP contribution is -2.14. The molecular weight excluding hydrogens is 190 g/mol. The van der Waals surface area contributed by atoms with Crippen molar-refractivity contribution in [2.75, 3.05) is 13.6 Å². The molecule has 0 aliphatic heterocycles. The topological polar surface area (TPSA) is 47.0 Å². The van der Waals surface area contributed by atoms with Crippen LogP contribution in [-0.4, -0.2) is 29.7 Å². The number of nitrogens with zero attached hydrogens (tertiary/aromatic N) is 2. The van der Waals surface area contributed by atoms with Gasteiger partial charge in [-0.25, -0.2) is 4.98 Å². The summed E-state index contributed by atoms with van der Waals surface area (Å²) in [5.41, 5.74) is 1.06. The molecule has 84 valence electrons. The van der Waals surface area contributed by atoms with E-state index in [4.69, 9.17) is 4.74 Å². The molecule has 4 heteroatoms. The maximum Gasteiger partial charge on any atom is 0.220 e. The summed E-state index contributed by atoms with van der Waals surface area (Å²) in [7, 11) is 1.93. The Morgan fingerprint density at radius 1 is 1.47 bits per heavy atom. The fourth-order valence-electron chi connectivity index (χ4n) is 1.23. The van der Waals surface area contributed by atoms with Gasteiger partial charge in [-0.1, -0.05) is 0 Å². The molecule has 0 atom stereocenters.